The van der Waals surface area contributed by atoms with Crippen LogP contribution in [0.2, 0.25) is 0 Å². The van der Waals surface area contributed by atoms with E-state index in [1.54, 1.807) is 26.0 Å². The average Bonchev–Trinajstić information content (AvgIpc) is 2.62. The number of nitrogens with one attached hydrogen (secondary N) is 1. The van der Waals surface area contributed by atoms with Crippen LogP contribution in [0.15, 0.2) is 48.5 Å². The molecule has 2 N–H and O–H groups in total. The van der Waals surface area contributed by atoms with E-state index in [-0.39, 0.29) is 18.1 Å². The maximum Gasteiger partial charge on any atom is 0.226 e. The van der Waals surface area contributed by atoms with Crippen molar-refractivity contribution in [3.05, 3.63) is 65.7 Å². The molecule has 3 atom stereocenters. The lowest BCUT2D eigenvalue weighted by molar-refractivity contribution is -0.126. The minimum absolute atomic E-state index is 0.184. The highest BCUT2D eigenvalue weighted by Crippen LogP contribution is 2.19. The van der Waals surface area contributed by atoms with Crippen molar-refractivity contribution in [2.75, 3.05) is 6.61 Å². The number of hydrogen-bond acceptors (Lipinski definition) is 3. The van der Waals surface area contributed by atoms with Crippen molar-refractivity contribution in [3.8, 4) is 5.75 Å². The molecule has 25 heavy (non-hydrogen) atoms. The number of aliphatic hydroxyl groups is 1. The second-order valence-electron chi connectivity index (χ2n) is 5.94. The van der Waals surface area contributed by atoms with Gasteiger partial charge in [-0.2, -0.15) is 0 Å². The molecular weight excluding hydrogens is 328 g/mol. The number of carbonyl (C=O) groups excluding carboxylic acids is 1. The molecule has 3 unspecified atom stereocenters. The molecule has 4 nitrogen and oxygen atoms in total. The lowest BCUT2D eigenvalue weighted by Gasteiger charge is -2.22. The third-order valence-corrected chi connectivity index (χ3v) is 3.82. The van der Waals surface area contributed by atoms with Gasteiger partial charge in [0, 0.05) is 0 Å². The van der Waals surface area contributed by atoms with E-state index >= 15 is 0 Å². The van der Waals surface area contributed by atoms with Gasteiger partial charge in [0.05, 0.1) is 24.7 Å². The van der Waals surface area contributed by atoms with Gasteiger partial charge in [0.15, 0.2) is 11.6 Å². The zero-order valence-electron chi connectivity index (χ0n) is 14.1. The van der Waals surface area contributed by atoms with Gasteiger partial charge in [0.2, 0.25) is 5.91 Å². The van der Waals surface area contributed by atoms with Crippen molar-refractivity contribution >= 4 is 5.91 Å². The smallest absolute Gasteiger partial charge is 0.226 e. The number of benzene rings is 2. The molecule has 0 saturated heterocycles. The molecule has 0 aliphatic rings. The lowest BCUT2D eigenvalue weighted by Crippen LogP contribution is -2.41. The van der Waals surface area contributed by atoms with Crippen molar-refractivity contribution < 1.29 is 23.4 Å². The van der Waals surface area contributed by atoms with Crippen molar-refractivity contribution in [1.29, 1.82) is 0 Å². The Morgan fingerprint density at radius 1 is 1.12 bits per heavy atom. The number of carbonyl (C=O) groups is 1. The van der Waals surface area contributed by atoms with Gasteiger partial charge in [-0.3, -0.25) is 4.79 Å². The number of amides is 1. The molecule has 0 saturated carbocycles. The molecule has 0 bridgehead atoms. The number of ether oxygens (including phenoxy) is 1. The van der Waals surface area contributed by atoms with Crippen LogP contribution in [0.25, 0.3) is 0 Å². The first-order chi connectivity index (χ1) is 11.9. The van der Waals surface area contributed by atoms with Crippen LogP contribution in [0, 0.1) is 17.6 Å². The molecule has 0 fully saturated rings. The highest BCUT2D eigenvalue weighted by molar-refractivity contribution is 5.78. The molecule has 0 radical (unpaired) electrons. The van der Waals surface area contributed by atoms with Gasteiger partial charge in [-0.15, -0.1) is 0 Å². The van der Waals surface area contributed by atoms with Crippen molar-refractivity contribution in [2.45, 2.75) is 26.0 Å². The summed E-state index contributed by atoms with van der Waals surface area (Å²) in [6.07, 6.45) is -1.15. The molecule has 2 aromatic carbocycles. The first-order valence-corrected chi connectivity index (χ1v) is 7.99. The molecule has 0 aromatic heterocycles. The van der Waals surface area contributed by atoms with Crippen LogP contribution in [0.4, 0.5) is 8.78 Å². The largest absolute Gasteiger partial charge is 0.493 e. The van der Waals surface area contributed by atoms with Crippen molar-refractivity contribution in [3.63, 3.8) is 0 Å². The van der Waals surface area contributed by atoms with Gasteiger partial charge in [-0.05, 0) is 36.8 Å². The number of para-hydroxylation sites is 1. The van der Waals surface area contributed by atoms with E-state index in [4.69, 9.17) is 4.74 Å². The highest BCUT2D eigenvalue weighted by atomic mass is 19.2. The van der Waals surface area contributed by atoms with Crippen LogP contribution in [0.5, 0.6) is 5.75 Å². The number of halogens is 2. The predicted molar refractivity (Wildman–Crippen MR) is 90.0 cm³/mol. The number of rotatable bonds is 7. The maximum absolute atomic E-state index is 13.3. The fourth-order valence-corrected chi connectivity index (χ4v) is 2.24. The van der Waals surface area contributed by atoms with Crippen LogP contribution in [-0.4, -0.2) is 23.7 Å². The Morgan fingerprint density at radius 2 is 1.80 bits per heavy atom. The fraction of sp³-hybridized carbons (Fsp3) is 0.316. The number of hydrogen-bond donors (Lipinski definition) is 2. The van der Waals surface area contributed by atoms with Crippen molar-refractivity contribution in [2.24, 2.45) is 5.92 Å². The third kappa shape index (κ3) is 5.26. The van der Waals surface area contributed by atoms with Crippen LogP contribution in [-0.2, 0) is 4.79 Å². The molecule has 0 aliphatic heterocycles. The first kappa shape index (κ1) is 18.9. The minimum Gasteiger partial charge on any atom is -0.493 e. The van der Waals surface area contributed by atoms with E-state index in [1.165, 1.54) is 6.07 Å². The molecule has 0 heterocycles. The van der Waals surface area contributed by atoms with Gasteiger partial charge in [-0.1, -0.05) is 31.2 Å². The summed E-state index contributed by atoms with van der Waals surface area (Å²) in [6.45, 7) is 3.48. The molecule has 6 heteroatoms. The highest BCUT2D eigenvalue weighted by Gasteiger charge is 2.22. The molecule has 0 spiro atoms. The zero-order chi connectivity index (χ0) is 18.4. The Morgan fingerprint density at radius 3 is 2.44 bits per heavy atom. The van der Waals surface area contributed by atoms with E-state index in [2.05, 4.69) is 5.32 Å². The third-order valence-electron chi connectivity index (χ3n) is 3.82. The van der Waals surface area contributed by atoms with E-state index in [0.29, 0.717) is 5.75 Å². The summed E-state index contributed by atoms with van der Waals surface area (Å²) >= 11 is 0. The monoisotopic (exact) mass is 349 g/mol. The van der Waals surface area contributed by atoms with E-state index in [1.807, 2.05) is 18.2 Å². The first-order valence-electron chi connectivity index (χ1n) is 7.99. The number of aliphatic hydroxyl groups excluding tert-OH is 1. The minimum atomic E-state index is -1.15. The maximum atomic E-state index is 13.3. The van der Waals surface area contributed by atoms with E-state index in [0.717, 1.165) is 12.1 Å². The summed E-state index contributed by atoms with van der Waals surface area (Å²) < 4.78 is 31.8. The zero-order valence-corrected chi connectivity index (χ0v) is 14.1. The molecule has 0 aliphatic carbocycles. The van der Waals surface area contributed by atoms with Crippen LogP contribution < -0.4 is 10.1 Å². The van der Waals surface area contributed by atoms with Crippen LogP contribution in [0.1, 0.15) is 25.5 Å². The van der Waals surface area contributed by atoms with Gasteiger partial charge < -0.3 is 15.2 Å². The molecular formula is C19H21F2NO3. The molecule has 2 rings (SSSR count). The Bertz CT molecular complexity index is 709. The summed E-state index contributed by atoms with van der Waals surface area (Å²) in [6, 6.07) is 11.6. The van der Waals surface area contributed by atoms with Crippen LogP contribution >= 0.6 is 0 Å². The summed E-state index contributed by atoms with van der Waals surface area (Å²) in [7, 11) is 0. The Balaban J connectivity index is 1.88. The topological polar surface area (TPSA) is 58.6 Å². The Kier molecular flexibility index (Phi) is 6.47. The Labute approximate surface area is 145 Å². The summed E-state index contributed by atoms with van der Waals surface area (Å²) in [5, 5.41) is 12.9. The molecule has 1 amide bonds. The average molecular weight is 349 g/mol. The molecule has 2 aromatic rings. The fourth-order valence-electron chi connectivity index (χ4n) is 2.24. The summed E-state index contributed by atoms with van der Waals surface area (Å²) in [5.74, 6) is -2.11. The van der Waals surface area contributed by atoms with E-state index < -0.39 is 29.7 Å². The van der Waals surface area contributed by atoms with Gasteiger partial charge in [0.1, 0.15) is 5.75 Å². The summed E-state index contributed by atoms with van der Waals surface area (Å²) in [4.78, 5) is 12.2. The predicted octanol–water partition coefficient (Wildman–Crippen LogP) is 3.22. The van der Waals surface area contributed by atoms with Gasteiger partial charge in [-0.25, -0.2) is 8.78 Å². The SMILES string of the molecule is CC(COc1ccccc1)C(=O)NC(C)C(O)c1ccc(F)c(F)c1. The second kappa shape index (κ2) is 8.58. The molecule has 134 valence electrons. The normalized spacial score (nSPS) is 14.4. The van der Waals surface area contributed by atoms with Crippen LogP contribution in [0.3, 0.4) is 0 Å². The van der Waals surface area contributed by atoms with Gasteiger partial charge >= 0.3 is 0 Å². The second-order valence-corrected chi connectivity index (χ2v) is 5.94. The van der Waals surface area contributed by atoms with Gasteiger partial charge in [0.25, 0.3) is 0 Å². The van der Waals surface area contributed by atoms with E-state index in [9.17, 15) is 18.7 Å². The summed E-state index contributed by atoms with van der Waals surface area (Å²) in [5.41, 5.74) is 0.194. The quantitative estimate of drug-likeness (QED) is 0.807. The lowest BCUT2D eigenvalue weighted by atomic mass is 10.0. The van der Waals surface area contributed by atoms with Crippen molar-refractivity contribution in [1.82, 2.24) is 5.32 Å². The standard InChI is InChI=1S/C19H21F2NO3/c1-12(11-25-15-6-4-3-5-7-15)19(24)22-13(2)18(23)14-8-9-16(20)17(21)10-14/h3-10,12-13,18,23H,11H2,1-2H3,(H,22,24). The Hall–Kier alpha value is -2.47.